The highest BCUT2D eigenvalue weighted by Crippen LogP contribution is 2.37. The van der Waals surface area contributed by atoms with Crippen molar-refractivity contribution in [2.45, 2.75) is 35.2 Å². The summed E-state index contributed by atoms with van der Waals surface area (Å²) in [6, 6.07) is 16.9. The Morgan fingerprint density at radius 2 is 1.71 bits per heavy atom. The number of nitrogens with one attached hydrogen (secondary N) is 1. The average Bonchev–Trinajstić information content (AvgIpc) is 2.57. The lowest BCUT2D eigenvalue weighted by Gasteiger charge is -2.24. The molecule has 1 aliphatic heterocycles. The molecule has 0 bridgehead atoms. The molecule has 1 fully saturated rings. The topological polar surface area (TPSA) is 32.3 Å². The van der Waals surface area contributed by atoms with E-state index in [0.717, 1.165) is 18.7 Å². The molecule has 2 aromatic rings. The van der Waals surface area contributed by atoms with Crippen molar-refractivity contribution in [3.05, 3.63) is 59.7 Å². The van der Waals surface area contributed by atoms with Gasteiger partial charge in [0.1, 0.15) is 0 Å². The van der Waals surface area contributed by atoms with Crippen LogP contribution in [0.2, 0.25) is 0 Å². The first-order chi connectivity index (χ1) is 10.4. The maximum atomic E-state index is 9.12. The van der Waals surface area contributed by atoms with Crippen molar-refractivity contribution >= 4 is 11.8 Å². The van der Waals surface area contributed by atoms with Crippen molar-refractivity contribution in [2.24, 2.45) is 0 Å². The van der Waals surface area contributed by atoms with Gasteiger partial charge < -0.3 is 10.4 Å². The van der Waals surface area contributed by atoms with Gasteiger partial charge in [-0.15, -0.1) is 0 Å². The van der Waals surface area contributed by atoms with Crippen molar-refractivity contribution in [1.29, 1.82) is 0 Å². The maximum absolute atomic E-state index is 9.12. The highest BCUT2D eigenvalue weighted by atomic mass is 32.2. The van der Waals surface area contributed by atoms with Gasteiger partial charge >= 0.3 is 0 Å². The fraction of sp³-hybridized carbons (Fsp3) is 0.333. The number of aliphatic hydroxyl groups is 1. The minimum absolute atomic E-state index is 0.108. The highest BCUT2D eigenvalue weighted by molar-refractivity contribution is 7.99. The lowest BCUT2D eigenvalue weighted by molar-refractivity contribution is 0.282. The fourth-order valence-electron chi connectivity index (χ4n) is 2.83. The SMILES string of the molecule is OCc1ccc(Sc2ccccc2C2CCNCC2)cc1. The molecule has 2 aromatic carbocycles. The molecule has 110 valence electrons. The molecule has 1 saturated heterocycles. The number of piperidine rings is 1. The van der Waals surface area contributed by atoms with Crippen molar-refractivity contribution in [3.63, 3.8) is 0 Å². The second-order valence-electron chi connectivity index (χ2n) is 5.47. The van der Waals surface area contributed by atoms with Gasteiger partial charge in [-0.2, -0.15) is 0 Å². The van der Waals surface area contributed by atoms with Gasteiger partial charge in [-0.1, -0.05) is 42.1 Å². The highest BCUT2D eigenvalue weighted by Gasteiger charge is 2.18. The lowest BCUT2D eigenvalue weighted by Crippen LogP contribution is -2.26. The molecule has 0 spiro atoms. The summed E-state index contributed by atoms with van der Waals surface area (Å²) in [5.74, 6) is 0.673. The summed E-state index contributed by atoms with van der Waals surface area (Å²) in [4.78, 5) is 2.59. The Labute approximate surface area is 130 Å². The minimum Gasteiger partial charge on any atom is -0.392 e. The second-order valence-corrected chi connectivity index (χ2v) is 6.58. The Balaban J connectivity index is 1.80. The van der Waals surface area contributed by atoms with Crippen molar-refractivity contribution in [3.8, 4) is 0 Å². The minimum atomic E-state index is 0.108. The molecule has 1 aliphatic rings. The summed E-state index contributed by atoms with van der Waals surface area (Å²) in [6.07, 6.45) is 2.45. The van der Waals surface area contributed by atoms with Crippen molar-refractivity contribution in [1.82, 2.24) is 5.32 Å². The summed E-state index contributed by atoms with van der Waals surface area (Å²) in [6.45, 7) is 2.35. The molecule has 0 unspecified atom stereocenters. The molecule has 2 nitrogen and oxygen atoms in total. The van der Waals surface area contributed by atoms with Gasteiger partial charge in [0.25, 0.3) is 0 Å². The zero-order chi connectivity index (χ0) is 14.5. The third-order valence-electron chi connectivity index (χ3n) is 4.03. The van der Waals surface area contributed by atoms with Crippen LogP contribution in [0.3, 0.4) is 0 Å². The number of benzene rings is 2. The van der Waals surface area contributed by atoms with E-state index >= 15 is 0 Å². The Hall–Kier alpha value is -1.29. The van der Waals surface area contributed by atoms with Crippen LogP contribution in [-0.4, -0.2) is 18.2 Å². The summed E-state index contributed by atoms with van der Waals surface area (Å²) < 4.78 is 0. The van der Waals surface area contributed by atoms with Crippen LogP contribution in [0.25, 0.3) is 0 Å². The molecule has 2 N–H and O–H groups in total. The molecule has 21 heavy (non-hydrogen) atoms. The predicted octanol–water partition coefficient (Wildman–Crippen LogP) is 3.80. The van der Waals surface area contributed by atoms with Gasteiger partial charge in [-0.05, 0) is 61.2 Å². The summed E-state index contributed by atoms with van der Waals surface area (Å²) in [7, 11) is 0. The Kier molecular flexibility index (Phi) is 4.96. The molecule has 0 saturated carbocycles. The second kappa shape index (κ2) is 7.12. The van der Waals surface area contributed by atoms with Crippen molar-refractivity contribution in [2.75, 3.05) is 13.1 Å². The Morgan fingerprint density at radius 3 is 2.43 bits per heavy atom. The summed E-state index contributed by atoms with van der Waals surface area (Å²) in [5.41, 5.74) is 2.45. The Bertz CT molecular complexity index is 576. The first kappa shape index (κ1) is 14.6. The standard InChI is InChI=1S/C18H21NOS/c20-13-14-5-7-16(8-6-14)21-18-4-2-1-3-17(18)15-9-11-19-12-10-15/h1-8,15,19-20H,9-13H2. The maximum Gasteiger partial charge on any atom is 0.0681 e. The molecule has 0 radical (unpaired) electrons. The van der Waals surface area contributed by atoms with E-state index in [1.54, 1.807) is 0 Å². The van der Waals surface area contributed by atoms with Crippen LogP contribution in [-0.2, 0) is 6.61 Å². The fourth-order valence-corrected chi connectivity index (χ4v) is 3.86. The molecule has 0 aliphatic carbocycles. The van der Waals surface area contributed by atoms with E-state index in [2.05, 4.69) is 41.7 Å². The lowest BCUT2D eigenvalue weighted by atomic mass is 9.90. The smallest absolute Gasteiger partial charge is 0.0681 e. The van der Waals surface area contributed by atoms with Crippen LogP contribution in [0.4, 0.5) is 0 Å². The van der Waals surface area contributed by atoms with Gasteiger partial charge in [0.15, 0.2) is 0 Å². The molecule has 0 amide bonds. The van der Waals surface area contributed by atoms with Crippen LogP contribution in [0.15, 0.2) is 58.3 Å². The molecule has 3 heteroatoms. The molecule has 3 rings (SSSR count). The van der Waals surface area contributed by atoms with Gasteiger partial charge in [0.2, 0.25) is 0 Å². The zero-order valence-corrected chi connectivity index (χ0v) is 12.9. The van der Waals surface area contributed by atoms with Gasteiger partial charge in [0.05, 0.1) is 6.61 Å². The van der Waals surface area contributed by atoms with Crippen LogP contribution >= 0.6 is 11.8 Å². The quantitative estimate of drug-likeness (QED) is 0.900. The van der Waals surface area contributed by atoms with E-state index in [4.69, 9.17) is 5.11 Å². The van der Waals surface area contributed by atoms with Crippen LogP contribution in [0.1, 0.15) is 29.9 Å². The summed E-state index contributed by atoms with van der Waals surface area (Å²) in [5, 5.41) is 12.6. The molecule has 0 aromatic heterocycles. The third-order valence-corrected chi connectivity index (χ3v) is 5.13. The molecular weight excluding hydrogens is 278 g/mol. The van der Waals surface area contributed by atoms with E-state index in [-0.39, 0.29) is 6.61 Å². The summed E-state index contributed by atoms with van der Waals surface area (Å²) >= 11 is 1.83. The molecular formula is C18H21NOS. The third kappa shape index (κ3) is 3.67. The van der Waals surface area contributed by atoms with Crippen LogP contribution in [0, 0.1) is 0 Å². The number of rotatable bonds is 4. The molecule has 0 atom stereocenters. The zero-order valence-electron chi connectivity index (χ0n) is 12.1. The average molecular weight is 299 g/mol. The number of hydrogen-bond donors (Lipinski definition) is 2. The largest absolute Gasteiger partial charge is 0.392 e. The van der Waals surface area contributed by atoms with Crippen molar-refractivity contribution < 1.29 is 5.11 Å². The van der Waals surface area contributed by atoms with E-state index in [1.807, 2.05) is 23.9 Å². The van der Waals surface area contributed by atoms with Crippen LogP contribution in [0.5, 0.6) is 0 Å². The van der Waals surface area contributed by atoms with E-state index in [1.165, 1.54) is 28.2 Å². The van der Waals surface area contributed by atoms with E-state index in [9.17, 15) is 0 Å². The Morgan fingerprint density at radius 1 is 1.00 bits per heavy atom. The first-order valence-electron chi connectivity index (χ1n) is 7.54. The van der Waals surface area contributed by atoms with E-state index in [0.29, 0.717) is 5.92 Å². The van der Waals surface area contributed by atoms with E-state index < -0.39 is 0 Å². The van der Waals surface area contributed by atoms with Gasteiger partial charge in [-0.3, -0.25) is 0 Å². The predicted molar refractivity (Wildman–Crippen MR) is 87.8 cm³/mol. The monoisotopic (exact) mass is 299 g/mol. The normalized spacial score (nSPS) is 16.0. The van der Waals surface area contributed by atoms with Gasteiger partial charge in [-0.25, -0.2) is 0 Å². The first-order valence-corrected chi connectivity index (χ1v) is 8.36. The van der Waals surface area contributed by atoms with Gasteiger partial charge in [0, 0.05) is 9.79 Å². The van der Waals surface area contributed by atoms with Crippen LogP contribution < -0.4 is 5.32 Å². The molecule has 1 heterocycles. The number of aliphatic hydroxyl groups excluding tert-OH is 1. The number of hydrogen-bond acceptors (Lipinski definition) is 3.